The summed E-state index contributed by atoms with van der Waals surface area (Å²) < 4.78 is 221. The van der Waals surface area contributed by atoms with Crippen molar-refractivity contribution >= 4 is 7.26 Å². The van der Waals surface area contributed by atoms with Crippen molar-refractivity contribution in [2.24, 2.45) is 0 Å². The highest BCUT2D eigenvalue weighted by atomic mass is 31.2. The molecule has 0 saturated heterocycles. The summed E-state index contributed by atoms with van der Waals surface area (Å²) in [6.45, 7) is 6.07. The van der Waals surface area contributed by atoms with E-state index in [9.17, 15) is 74.6 Å². The van der Waals surface area contributed by atoms with Gasteiger partial charge in [0.25, 0.3) is 12.9 Å². The van der Waals surface area contributed by atoms with E-state index in [0.717, 1.165) is 96.3 Å². The van der Waals surface area contributed by atoms with Gasteiger partial charge in [0.05, 0.1) is 31.1 Å². The molecule has 316 valence electrons. The predicted octanol–water partition coefficient (Wildman–Crippen LogP) is 15.7. The molecule has 0 bridgehead atoms. The minimum Gasteiger partial charge on any atom is -0.204 e. The molecule has 0 saturated carbocycles. The molecule has 0 nitrogen and oxygen atoms in total. The van der Waals surface area contributed by atoms with E-state index in [2.05, 4.69) is 0 Å². The molecule has 0 atom stereocenters. The van der Waals surface area contributed by atoms with Crippen LogP contribution in [0.3, 0.4) is 0 Å². The second-order valence-electron chi connectivity index (χ2n) is 13.5. The van der Waals surface area contributed by atoms with Crippen LogP contribution in [0.1, 0.15) is 143 Å². The van der Waals surface area contributed by atoms with Crippen LogP contribution < -0.4 is 0 Å². The Labute approximate surface area is 298 Å². The molecule has 0 amide bonds. The summed E-state index contributed by atoms with van der Waals surface area (Å²) in [5.74, 6) is -36.4. The zero-order valence-corrected chi connectivity index (χ0v) is 31.2. The molecule has 0 N–H and O–H groups in total. The SMILES string of the molecule is CCCCCCCC[P+](CCCCCCCC)(CCCCCCCC)CCC(F)(F)C(F)(F)C(F)(F)C(F)(F)C(F)(F)C(F)(F)F.FC(F)C(F)F. The third-order valence-electron chi connectivity index (χ3n) is 9.05. The second-order valence-corrected chi connectivity index (χ2v) is 17.9. The Morgan fingerprint density at radius 1 is 0.346 bits per heavy atom. The van der Waals surface area contributed by atoms with Crippen molar-refractivity contribution in [2.75, 3.05) is 24.6 Å². The summed E-state index contributed by atoms with van der Waals surface area (Å²) in [6.07, 6.45) is -0.602. The van der Waals surface area contributed by atoms with Crippen molar-refractivity contribution < 1.29 is 74.6 Å². The van der Waals surface area contributed by atoms with E-state index < -0.39 is 68.5 Å². The van der Waals surface area contributed by atoms with E-state index in [4.69, 9.17) is 0 Å². The molecule has 0 rings (SSSR count). The van der Waals surface area contributed by atoms with Gasteiger partial charge >= 0.3 is 35.8 Å². The molecule has 52 heavy (non-hydrogen) atoms. The maximum atomic E-state index is 15.0. The van der Waals surface area contributed by atoms with Gasteiger partial charge in [-0.3, -0.25) is 0 Å². The van der Waals surface area contributed by atoms with Crippen LogP contribution >= 0.6 is 7.26 Å². The average molecular weight is 820 g/mol. The molecule has 18 heteroatoms. The predicted molar refractivity (Wildman–Crippen MR) is 174 cm³/mol. The summed E-state index contributed by atoms with van der Waals surface area (Å²) >= 11 is 0. The summed E-state index contributed by atoms with van der Waals surface area (Å²) in [5, 5.41) is 0. The van der Waals surface area contributed by atoms with Crippen molar-refractivity contribution in [3.8, 4) is 0 Å². The van der Waals surface area contributed by atoms with Gasteiger partial charge in [-0.15, -0.1) is 0 Å². The van der Waals surface area contributed by atoms with Gasteiger partial charge in [-0.05, 0) is 38.5 Å². The number of alkyl halides is 17. The molecule has 0 aliphatic heterocycles. The molecule has 0 aromatic rings. The van der Waals surface area contributed by atoms with Crippen molar-refractivity contribution in [3.05, 3.63) is 0 Å². The molecule has 0 aliphatic rings. The van der Waals surface area contributed by atoms with Crippen LogP contribution in [0.4, 0.5) is 74.6 Å². The van der Waals surface area contributed by atoms with Gasteiger partial charge in [0, 0.05) is 7.26 Å². The molecular formula is C34H57F17P+. The Bertz CT molecular complexity index is 845. The number of unbranched alkanes of at least 4 members (excludes halogenated alkanes) is 15. The smallest absolute Gasteiger partial charge is 0.204 e. The lowest BCUT2D eigenvalue weighted by atomic mass is 9.93. The van der Waals surface area contributed by atoms with Crippen LogP contribution in [0.2, 0.25) is 0 Å². The highest BCUT2D eigenvalue weighted by Gasteiger charge is 2.90. The molecule has 0 heterocycles. The molecule has 0 fully saturated rings. The summed E-state index contributed by atoms with van der Waals surface area (Å²) in [6, 6.07) is 0. The monoisotopic (exact) mass is 819 g/mol. The molecular weight excluding hydrogens is 762 g/mol. The zero-order valence-electron chi connectivity index (χ0n) is 30.3. The normalized spacial score (nSPS) is 14.0. The first-order valence-corrected chi connectivity index (χ1v) is 20.7. The topological polar surface area (TPSA) is 0 Å². The largest absolute Gasteiger partial charge is 0.460 e. The third kappa shape index (κ3) is 16.9. The van der Waals surface area contributed by atoms with Crippen LogP contribution in [0.5, 0.6) is 0 Å². The van der Waals surface area contributed by atoms with Crippen molar-refractivity contribution in [3.63, 3.8) is 0 Å². The number of rotatable bonds is 29. The van der Waals surface area contributed by atoms with Crippen LogP contribution in [-0.4, -0.2) is 73.3 Å². The summed E-state index contributed by atoms with van der Waals surface area (Å²) in [4.78, 5) is 0. The van der Waals surface area contributed by atoms with E-state index in [1.165, 1.54) is 0 Å². The number of hydrogen-bond donors (Lipinski definition) is 0. The fourth-order valence-corrected chi connectivity index (χ4v) is 10.5. The van der Waals surface area contributed by atoms with Gasteiger partial charge < -0.3 is 0 Å². The van der Waals surface area contributed by atoms with E-state index in [1.807, 2.05) is 20.8 Å². The first kappa shape index (κ1) is 53.3. The minimum atomic E-state index is -7.84. The maximum Gasteiger partial charge on any atom is 0.460 e. The molecule has 0 spiro atoms. The Morgan fingerprint density at radius 3 is 0.885 bits per heavy atom. The second kappa shape index (κ2) is 24.7. The average Bonchev–Trinajstić information content (AvgIpc) is 3.04. The van der Waals surface area contributed by atoms with Gasteiger partial charge in [0.15, 0.2) is 0 Å². The van der Waals surface area contributed by atoms with E-state index >= 15 is 0 Å². The molecule has 0 aliphatic carbocycles. The van der Waals surface area contributed by atoms with Crippen LogP contribution in [0, 0.1) is 0 Å². The van der Waals surface area contributed by atoms with Gasteiger partial charge in [0.1, 0.15) is 0 Å². The van der Waals surface area contributed by atoms with Crippen LogP contribution in [0.25, 0.3) is 0 Å². The number of hydrogen-bond acceptors (Lipinski definition) is 0. The third-order valence-corrected chi connectivity index (χ3v) is 14.0. The standard InChI is InChI=1S/C32H55F13P.C2H2F4/c1-4-7-10-13-16-19-23-46(24-20-17-14-11-8-5-2,25-21-18-15-12-9-6-3)26-22-27(33,34)28(35,36)29(37,38)30(39,40)31(41,42)32(43,44)45;3-1(4)2(5)6/h4-26H2,1-3H3;1-2H/q+1;. The van der Waals surface area contributed by atoms with Gasteiger partial charge in [-0.2, -0.15) is 57.1 Å². The summed E-state index contributed by atoms with van der Waals surface area (Å²) in [5.41, 5.74) is 0. The Kier molecular flexibility index (Phi) is 25.3. The molecule has 0 unspecified atom stereocenters. The quantitative estimate of drug-likeness (QED) is 0.0401. The lowest BCUT2D eigenvalue weighted by Crippen LogP contribution is -2.70. The molecule has 0 aromatic carbocycles. The van der Waals surface area contributed by atoms with Gasteiger partial charge in [-0.1, -0.05) is 97.8 Å². The van der Waals surface area contributed by atoms with Gasteiger partial charge in [0.2, 0.25) is 0 Å². The van der Waals surface area contributed by atoms with Crippen LogP contribution in [-0.2, 0) is 0 Å². The van der Waals surface area contributed by atoms with E-state index in [-0.39, 0.29) is 0 Å². The van der Waals surface area contributed by atoms with Crippen LogP contribution in [0.15, 0.2) is 0 Å². The Morgan fingerprint density at radius 2 is 0.615 bits per heavy atom. The van der Waals surface area contributed by atoms with Crippen molar-refractivity contribution in [2.45, 2.75) is 191 Å². The maximum absolute atomic E-state index is 15.0. The van der Waals surface area contributed by atoms with E-state index in [1.54, 1.807) is 0 Å². The summed E-state index contributed by atoms with van der Waals surface area (Å²) in [7, 11) is -2.55. The number of halogens is 17. The fraction of sp³-hybridized carbons (Fsp3) is 1.00. The lowest BCUT2D eigenvalue weighted by Gasteiger charge is -2.40. The first-order valence-electron chi connectivity index (χ1n) is 18.2. The highest BCUT2D eigenvalue weighted by molar-refractivity contribution is 7.75. The zero-order chi connectivity index (χ0) is 40.9. The Balaban J connectivity index is 0. The van der Waals surface area contributed by atoms with Gasteiger partial charge in [-0.25, -0.2) is 17.6 Å². The molecule has 0 aromatic heterocycles. The minimum absolute atomic E-state index is 0.406. The fourth-order valence-electron chi connectivity index (χ4n) is 5.69. The molecule has 0 radical (unpaired) electrons. The Hall–Kier alpha value is -0.760. The van der Waals surface area contributed by atoms with E-state index in [0.29, 0.717) is 37.7 Å². The van der Waals surface area contributed by atoms with Crippen molar-refractivity contribution in [1.82, 2.24) is 0 Å². The first-order chi connectivity index (χ1) is 23.8. The lowest BCUT2D eigenvalue weighted by molar-refractivity contribution is -0.439. The highest BCUT2D eigenvalue weighted by Crippen LogP contribution is 2.65. The van der Waals surface area contributed by atoms with Crippen molar-refractivity contribution in [1.29, 1.82) is 0 Å².